The molecule has 0 aliphatic rings. The van der Waals surface area contributed by atoms with Crippen LogP contribution in [0.4, 0.5) is 0 Å². The molecule has 0 aliphatic heterocycles. The molecule has 0 aliphatic carbocycles. The van der Waals surface area contributed by atoms with E-state index in [0.29, 0.717) is 6.04 Å². The average molecular weight is 305 g/mol. The smallest absolute Gasteiger partial charge is 0.0570 e. The molecule has 94 valence electrons. The molecule has 3 heteroatoms. The van der Waals surface area contributed by atoms with Crippen LogP contribution in [0.2, 0.25) is 0 Å². The summed E-state index contributed by atoms with van der Waals surface area (Å²) in [7, 11) is 0. The van der Waals surface area contributed by atoms with E-state index >= 15 is 0 Å². The van der Waals surface area contributed by atoms with Crippen molar-refractivity contribution in [2.45, 2.75) is 25.9 Å². The van der Waals surface area contributed by atoms with Crippen molar-refractivity contribution >= 4 is 15.9 Å². The van der Waals surface area contributed by atoms with Gasteiger partial charge in [-0.15, -0.1) is 0 Å². The quantitative estimate of drug-likeness (QED) is 0.913. The lowest BCUT2D eigenvalue weighted by Gasteiger charge is -2.20. The Balaban J connectivity index is 2.05. The zero-order valence-electron chi connectivity index (χ0n) is 10.6. The van der Waals surface area contributed by atoms with E-state index in [1.165, 1.54) is 5.56 Å². The Labute approximate surface area is 117 Å². The lowest BCUT2D eigenvalue weighted by atomic mass is 10.1. The number of aromatic nitrogens is 1. The number of hydrogen-bond donors (Lipinski definition) is 1. The molecule has 2 aromatic rings. The Bertz CT molecular complexity index is 499. The van der Waals surface area contributed by atoms with E-state index in [1.807, 2.05) is 30.5 Å². The van der Waals surface area contributed by atoms with Crippen molar-refractivity contribution < 1.29 is 0 Å². The second kappa shape index (κ2) is 6.12. The molecule has 1 heterocycles. The summed E-state index contributed by atoms with van der Waals surface area (Å²) in [6.07, 6.45) is 1.83. The molecule has 0 amide bonds. The maximum atomic E-state index is 4.37. The summed E-state index contributed by atoms with van der Waals surface area (Å²) < 4.78 is 1.11. The van der Waals surface area contributed by atoms with Crippen LogP contribution >= 0.6 is 15.9 Å². The number of rotatable bonds is 4. The minimum absolute atomic E-state index is 0.236. The molecule has 1 aromatic carbocycles. The number of halogens is 1. The third kappa shape index (κ3) is 3.40. The first-order chi connectivity index (χ1) is 8.66. The molecule has 0 fully saturated rings. The number of pyridine rings is 1. The van der Waals surface area contributed by atoms with E-state index in [9.17, 15) is 0 Å². The van der Waals surface area contributed by atoms with E-state index in [2.05, 4.69) is 58.3 Å². The molecule has 2 nitrogen and oxygen atoms in total. The second-order valence-corrected chi connectivity index (χ2v) is 5.34. The van der Waals surface area contributed by atoms with E-state index < -0.39 is 0 Å². The van der Waals surface area contributed by atoms with Gasteiger partial charge in [-0.05, 0) is 43.7 Å². The van der Waals surface area contributed by atoms with Gasteiger partial charge in [-0.25, -0.2) is 0 Å². The summed E-state index contributed by atoms with van der Waals surface area (Å²) in [6, 6.07) is 14.9. The van der Waals surface area contributed by atoms with Crippen LogP contribution in [0.5, 0.6) is 0 Å². The summed E-state index contributed by atoms with van der Waals surface area (Å²) in [5.41, 5.74) is 2.34. The third-order valence-corrected chi connectivity index (χ3v) is 3.47. The van der Waals surface area contributed by atoms with Crippen molar-refractivity contribution in [3.8, 4) is 0 Å². The van der Waals surface area contributed by atoms with Crippen LogP contribution in [0.25, 0.3) is 0 Å². The molecule has 18 heavy (non-hydrogen) atoms. The molecule has 0 spiro atoms. The summed E-state index contributed by atoms with van der Waals surface area (Å²) >= 11 is 3.50. The van der Waals surface area contributed by atoms with Crippen LogP contribution < -0.4 is 5.32 Å². The Morgan fingerprint density at radius 3 is 2.56 bits per heavy atom. The van der Waals surface area contributed by atoms with Gasteiger partial charge in [0.1, 0.15) is 0 Å². The summed E-state index contributed by atoms with van der Waals surface area (Å²) in [5, 5.41) is 3.56. The Morgan fingerprint density at radius 1 is 1.06 bits per heavy atom. The van der Waals surface area contributed by atoms with E-state index in [-0.39, 0.29) is 6.04 Å². The molecule has 0 radical (unpaired) electrons. The number of nitrogens with one attached hydrogen (secondary N) is 1. The Morgan fingerprint density at radius 2 is 1.89 bits per heavy atom. The molecular formula is C15H17BrN2. The number of hydrogen-bond acceptors (Lipinski definition) is 2. The van der Waals surface area contributed by atoms with Gasteiger partial charge < -0.3 is 5.32 Å². The highest BCUT2D eigenvalue weighted by atomic mass is 79.9. The summed E-state index contributed by atoms with van der Waals surface area (Å²) in [4.78, 5) is 4.37. The van der Waals surface area contributed by atoms with Gasteiger partial charge in [0.25, 0.3) is 0 Å². The predicted octanol–water partition coefficient (Wildman–Crippen LogP) is 4.26. The van der Waals surface area contributed by atoms with Gasteiger partial charge in [-0.3, -0.25) is 4.98 Å². The predicted molar refractivity (Wildman–Crippen MR) is 78.3 cm³/mol. The van der Waals surface area contributed by atoms with Crippen molar-refractivity contribution in [3.63, 3.8) is 0 Å². The Hall–Kier alpha value is -1.19. The van der Waals surface area contributed by atoms with Gasteiger partial charge in [0.05, 0.1) is 5.69 Å². The van der Waals surface area contributed by atoms with Crippen molar-refractivity contribution in [2.24, 2.45) is 0 Å². The highest BCUT2D eigenvalue weighted by Crippen LogP contribution is 2.20. The lowest BCUT2D eigenvalue weighted by molar-refractivity contribution is 0.486. The van der Waals surface area contributed by atoms with E-state index in [0.717, 1.165) is 10.2 Å². The molecule has 1 aromatic heterocycles. The van der Waals surface area contributed by atoms with Gasteiger partial charge in [0, 0.05) is 22.8 Å². The van der Waals surface area contributed by atoms with Crippen LogP contribution in [0, 0.1) is 0 Å². The monoisotopic (exact) mass is 304 g/mol. The van der Waals surface area contributed by atoms with Crippen molar-refractivity contribution in [3.05, 3.63) is 64.4 Å². The zero-order chi connectivity index (χ0) is 13.0. The standard InChI is InChI=1S/C15H17BrN2/c1-11(13-6-5-7-14(16)10-13)18-12(2)15-8-3-4-9-17-15/h3-12,18H,1-2H3. The minimum Gasteiger partial charge on any atom is -0.302 e. The molecule has 0 bridgehead atoms. The fraction of sp³-hybridized carbons (Fsp3) is 0.267. The average Bonchev–Trinajstić information content (AvgIpc) is 2.39. The minimum atomic E-state index is 0.236. The van der Waals surface area contributed by atoms with Crippen molar-refractivity contribution in [1.29, 1.82) is 0 Å². The lowest BCUT2D eigenvalue weighted by Crippen LogP contribution is -2.23. The highest BCUT2D eigenvalue weighted by Gasteiger charge is 2.11. The fourth-order valence-corrected chi connectivity index (χ4v) is 2.38. The molecule has 0 saturated carbocycles. The molecule has 2 atom stereocenters. The first kappa shape index (κ1) is 13.2. The Kier molecular flexibility index (Phi) is 4.50. The van der Waals surface area contributed by atoms with Gasteiger partial charge in [0.2, 0.25) is 0 Å². The summed E-state index contributed by atoms with van der Waals surface area (Å²) in [5.74, 6) is 0. The number of nitrogens with zero attached hydrogens (tertiary/aromatic N) is 1. The number of benzene rings is 1. The second-order valence-electron chi connectivity index (χ2n) is 4.42. The molecular weight excluding hydrogens is 288 g/mol. The first-order valence-corrected chi connectivity index (χ1v) is 6.88. The van der Waals surface area contributed by atoms with Crippen LogP contribution in [0.1, 0.15) is 37.2 Å². The van der Waals surface area contributed by atoms with Gasteiger partial charge in [-0.1, -0.05) is 34.1 Å². The maximum absolute atomic E-state index is 4.37. The third-order valence-electron chi connectivity index (χ3n) is 2.98. The first-order valence-electron chi connectivity index (χ1n) is 6.09. The SMILES string of the molecule is CC(NC(C)c1ccccn1)c1cccc(Br)c1. The molecule has 2 rings (SSSR count). The van der Waals surface area contributed by atoms with E-state index in [4.69, 9.17) is 0 Å². The largest absolute Gasteiger partial charge is 0.302 e. The van der Waals surface area contributed by atoms with Crippen LogP contribution in [-0.4, -0.2) is 4.98 Å². The van der Waals surface area contributed by atoms with Crippen LogP contribution in [0.3, 0.4) is 0 Å². The van der Waals surface area contributed by atoms with Crippen LogP contribution in [-0.2, 0) is 0 Å². The zero-order valence-corrected chi connectivity index (χ0v) is 12.2. The summed E-state index contributed by atoms with van der Waals surface area (Å²) in [6.45, 7) is 4.30. The van der Waals surface area contributed by atoms with Crippen molar-refractivity contribution in [1.82, 2.24) is 10.3 Å². The topological polar surface area (TPSA) is 24.9 Å². The van der Waals surface area contributed by atoms with Crippen molar-refractivity contribution in [2.75, 3.05) is 0 Å². The molecule has 2 unspecified atom stereocenters. The maximum Gasteiger partial charge on any atom is 0.0570 e. The molecule has 1 N–H and O–H groups in total. The van der Waals surface area contributed by atoms with Gasteiger partial charge in [-0.2, -0.15) is 0 Å². The molecule has 0 saturated heterocycles. The highest BCUT2D eigenvalue weighted by molar-refractivity contribution is 9.10. The normalized spacial score (nSPS) is 14.2. The van der Waals surface area contributed by atoms with Gasteiger partial charge >= 0.3 is 0 Å². The van der Waals surface area contributed by atoms with E-state index in [1.54, 1.807) is 0 Å². The van der Waals surface area contributed by atoms with Crippen LogP contribution in [0.15, 0.2) is 53.1 Å². The van der Waals surface area contributed by atoms with Gasteiger partial charge in [0.15, 0.2) is 0 Å². The fourth-order valence-electron chi connectivity index (χ4n) is 1.96.